The van der Waals surface area contributed by atoms with Gasteiger partial charge < -0.3 is 4.90 Å². The van der Waals surface area contributed by atoms with Gasteiger partial charge in [0.1, 0.15) is 4.60 Å². The van der Waals surface area contributed by atoms with E-state index in [1.165, 1.54) is 0 Å². The molecule has 2 rings (SSSR count). The Morgan fingerprint density at radius 3 is 2.58 bits per heavy atom. The number of pyridine rings is 2. The van der Waals surface area contributed by atoms with E-state index < -0.39 is 0 Å². The topological polar surface area (TPSA) is 46.1 Å². The smallest absolute Gasteiger partial charge is 0.256 e. The van der Waals surface area contributed by atoms with Gasteiger partial charge in [0.2, 0.25) is 0 Å². The molecule has 0 aliphatic carbocycles. The number of amides is 1. The molecule has 0 aromatic carbocycles. The zero-order valence-corrected chi connectivity index (χ0v) is 12.3. The quantitative estimate of drug-likeness (QED) is 0.817. The Hall–Kier alpha value is -1.75. The molecule has 0 aliphatic heterocycles. The zero-order valence-electron chi connectivity index (χ0n) is 10.7. The molecule has 0 N–H and O–H groups in total. The van der Waals surface area contributed by atoms with Crippen molar-refractivity contribution in [1.29, 1.82) is 0 Å². The Morgan fingerprint density at radius 2 is 1.95 bits per heavy atom. The first-order valence-corrected chi connectivity index (χ1v) is 6.68. The van der Waals surface area contributed by atoms with Crippen molar-refractivity contribution in [3.05, 3.63) is 58.6 Å². The average Bonchev–Trinajstić information content (AvgIpc) is 2.46. The van der Waals surface area contributed by atoms with Gasteiger partial charge in [0.15, 0.2) is 0 Å². The second-order valence-corrected chi connectivity index (χ2v) is 4.97. The molecule has 1 unspecified atom stereocenters. The van der Waals surface area contributed by atoms with Crippen molar-refractivity contribution in [3.63, 3.8) is 0 Å². The van der Waals surface area contributed by atoms with E-state index in [4.69, 9.17) is 0 Å². The predicted octanol–water partition coefficient (Wildman–Crippen LogP) is 3.07. The molecule has 0 saturated carbocycles. The van der Waals surface area contributed by atoms with Crippen molar-refractivity contribution in [3.8, 4) is 0 Å². The van der Waals surface area contributed by atoms with Crippen molar-refractivity contribution in [2.24, 2.45) is 0 Å². The fourth-order valence-corrected chi connectivity index (χ4v) is 2.20. The SMILES string of the molecule is CC(c1ccncc1)N(C)C(=O)c1cccnc1Br. The summed E-state index contributed by atoms with van der Waals surface area (Å²) < 4.78 is 0.564. The lowest BCUT2D eigenvalue weighted by Gasteiger charge is -2.25. The third kappa shape index (κ3) is 2.98. The molecule has 1 amide bonds. The van der Waals surface area contributed by atoms with Crippen LogP contribution in [0.25, 0.3) is 0 Å². The van der Waals surface area contributed by atoms with E-state index >= 15 is 0 Å². The van der Waals surface area contributed by atoms with E-state index in [1.807, 2.05) is 19.1 Å². The molecule has 2 aromatic heterocycles. The minimum atomic E-state index is -0.0655. The van der Waals surface area contributed by atoms with Crippen molar-refractivity contribution >= 4 is 21.8 Å². The third-order valence-electron chi connectivity index (χ3n) is 3.08. The molecule has 0 bridgehead atoms. The number of hydrogen-bond acceptors (Lipinski definition) is 3. The zero-order chi connectivity index (χ0) is 13.8. The van der Waals surface area contributed by atoms with Crippen LogP contribution in [0.15, 0.2) is 47.5 Å². The van der Waals surface area contributed by atoms with E-state index in [-0.39, 0.29) is 11.9 Å². The summed E-state index contributed by atoms with van der Waals surface area (Å²) in [6.45, 7) is 1.98. The van der Waals surface area contributed by atoms with E-state index in [1.54, 1.807) is 42.7 Å². The Labute approximate surface area is 120 Å². The van der Waals surface area contributed by atoms with Crippen LogP contribution in [0.1, 0.15) is 28.9 Å². The van der Waals surface area contributed by atoms with Crippen LogP contribution in [-0.4, -0.2) is 27.8 Å². The van der Waals surface area contributed by atoms with Gasteiger partial charge in [-0.15, -0.1) is 0 Å². The summed E-state index contributed by atoms with van der Waals surface area (Å²) in [6.07, 6.45) is 5.10. The van der Waals surface area contributed by atoms with Crippen LogP contribution in [-0.2, 0) is 0 Å². The van der Waals surface area contributed by atoms with E-state index in [0.29, 0.717) is 10.2 Å². The summed E-state index contributed by atoms with van der Waals surface area (Å²) in [5.41, 5.74) is 1.61. The molecular formula is C14H14BrN3O. The first-order chi connectivity index (χ1) is 9.11. The summed E-state index contributed by atoms with van der Waals surface area (Å²) in [5, 5.41) is 0. The first kappa shape index (κ1) is 13.7. The summed E-state index contributed by atoms with van der Waals surface area (Å²) in [5.74, 6) is -0.0655. The van der Waals surface area contributed by atoms with E-state index in [2.05, 4.69) is 25.9 Å². The third-order valence-corrected chi connectivity index (χ3v) is 3.71. The molecule has 0 saturated heterocycles. The van der Waals surface area contributed by atoms with E-state index in [0.717, 1.165) is 5.56 Å². The van der Waals surface area contributed by atoms with E-state index in [9.17, 15) is 4.79 Å². The minimum Gasteiger partial charge on any atom is -0.335 e. The lowest BCUT2D eigenvalue weighted by atomic mass is 10.1. The normalized spacial score (nSPS) is 11.9. The molecule has 0 radical (unpaired) electrons. The fraction of sp³-hybridized carbons (Fsp3) is 0.214. The predicted molar refractivity (Wildman–Crippen MR) is 76.7 cm³/mol. The van der Waals surface area contributed by atoms with Gasteiger partial charge in [0.05, 0.1) is 11.6 Å². The lowest BCUT2D eigenvalue weighted by Crippen LogP contribution is -2.30. The lowest BCUT2D eigenvalue weighted by molar-refractivity contribution is 0.0741. The maximum atomic E-state index is 12.4. The fourth-order valence-electron chi connectivity index (χ4n) is 1.78. The molecule has 1 atom stereocenters. The molecule has 2 heterocycles. The Morgan fingerprint density at radius 1 is 1.26 bits per heavy atom. The van der Waals surface area contributed by atoms with Gasteiger partial charge >= 0.3 is 0 Å². The maximum Gasteiger partial charge on any atom is 0.256 e. The number of carbonyl (C=O) groups excluding carboxylic acids is 1. The first-order valence-electron chi connectivity index (χ1n) is 5.89. The monoisotopic (exact) mass is 319 g/mol. The summed E-state index contributed by atoms with van der Waals surface area (Å²) >= 11 is 3.30. The highest BCUT2D eigenvalue weighted by atomic mass is 79.9. The van der Waals surface area contributed by atoms with Crippen LogP contribution >= 0.6 is 15.9 Å². The standard InChI is InChI=1S/C14H14BrN3O/c1-10(11-5-8-16-9-6-11)18(2)14(19)12-4-3-7-17-13(12)15/h3-10H,1-2H3. The molecule has 2 aromatic rings. The summed E-state index contributed by atoms with van der Waals surface area (Å²) in [7, 11) is 1.78. The maximum absolute atomic E-state index is 12.4. The van der Waals surface area contributed by atoms with Gasteiger partial charge in [0, 0.05) is 25.6 Å². The van der Waals surface area contributed by atoms with Crippen molar-refractivity contribution < 1.29 is 4.79 Å². The van der Waals surface area contributed by atoms with Gasteiger partial charge in [-0.25, -0.2) is 4.98 Å². The van der Waals surface area contributed by atoms with Gasteiger partial charge in [-0.05, 0) is 52.7 Å². The van der Waals surface area contributed by atoms with Gasteiger partial charge in [-0.2, -0.15) is 0 Å². The van der Waals surface area contributed by atoms with Crippen LogP contribution < -0.4 is 0 Å². The molecular weight excluding hydrogens is 306 g/mol. The number of halogens is 1. The Balaban J connectivity index is 2.23. The van der Waals surface area contributed by atoms with Gasteiger partial charge in [-0.3, -0.25) is 9.78 Å². The largest absolute Gasteiger partial charge is 0.335 e. The summed E-state index contributed by atoms with van der Waals surface area (Å²) in [6, 6.07) is 7.31. The number of aromatic nitrogens is 2. The molecule has 98 valence electrons. The van der Waals surface area contributed by atoms with Crippen LogP contribution in [0.5, 0.6) is 0 Å². The Kier molecular flexibility index (Phi) is 4.27. The van der Waals surface area contributed by atoms with Gasteiger partial charge in [-0.1, -0.05) is 0 Å². The van der Waals surface area contributed by atoms with Crippen molar-refractivity contribution in [2.75, 3.05) is 7.05 Å². The number of nitrogens with zero attached hydrogens (tertiary/aromatic N) is 3. The Bertz CT molecular complexity index is 574. The highest BCUT2D eigenvalue weighted by Crippen LogP contribution is 2.22. The molecule has 0 fully saturated rings. The molecule has 4 nitrogen and oxygen atoms in total. The minimum absolute atomic E-state index is 0.0254. The summed E-state index contributed by atoms with van der Waals surface area (Å²) in [4.78, 5) is 22.2. The average molecular weight is 320 g/mol. The molecule has 19 heavy (non-hydrogen) atoms. The number of carbonyl (C=O) groups is 1. The van der Waals surface area contributed by atoms with Crippen LogP contribution in [0.4, 0.5) is 0 Å². The molecule has 5 heteroatoms. The van der Waals surface area contributed by atoms with Crippen LogP contribution in [0, 0.1) is 0 Å². The highest BCUT2D eigenvalue weighted by Gasteiger charge is 2.20. The second-order valence-electron chi connectivity index (χ2n) is 4.21. The second kappa shape index (κ2) is 5.93. The van der Waals surface area contributed by atoms with Crippen LogP contribution in [0.3, 0.4) is 0 Å². The molecule has 0 spiro atoms. The van der Waals surface area contributed by atoms with Crippen molar-refractivity contribution in [2.45, 2.75) is 13.0 Å². The van der Waals surface area contributed by atoms with Crippen molar-refractivity contribution in [1.82, 2.24) is 14.9 Å². The highest BCUT2D eigenvalue weighted by molar-refractivity contribution is 9.10. The molecule has 0 aliphatic rings. The van der Waals surface area contributed by atoms with Crippen LogP contribution in [0.2, 0.25) is 0 Å². The number of hydrogen-bond donors (Lipinski definition) is 0. The number of rotatable bonds is 3. The van der Waals surface area contributed by atoms with Gasteiger partial charge in [0.25, 0.3) is 5.91 Å².